The first-order valence-corrected chi connectivity index (χ1v) is 9.26. The molecule has 0 unspecified atom stereocenters. The molecule has 0 aromatic carbocycles. The number of carbonyl (C=O) groups excluding carboxylic acids is 1. The Morgan fingerprint density at radius 2 is 2.24 bits per heavy atom. The van der Waals surface area contributed by atoms with Gasteiger partial charge in [0.15, 0.2) is 10.9 Å². The fourth-order valence-electron chi connectivity index (χ4n) is 2.92. The number of thioether (sulfide) groups is 1. The molecule has 0 aliphatic carbocycles. The van der Waals surface area contributed by atoms with Gasteiger partial charge in [0, 0.05) is 24.5 Å². The molecule has 5 nitrogen and oxygen atoms in total. The first-order chi connectivity index (χ1) is 12.2. The Bertz CT molecular complexity index is 757. The molecule has 130 valence electrons. The summed E-state index contributed by atoms with van der Waals surface area (Å²) in [6, 6.07) is 5.55. The number of rotatable bonds is 6. The van der Waals surface area contributed by atoms with E-state index in [9.17, 15) is 4.79 Å². The van der Waals surface area contributed by atoms with Gasteiger partial charge < -0.3 is 9.32 Å². The summed E-state index contributed by atoms with van der Waals surface area (Å²) in [7, 11) is 0. The van der Waals surface area contributed by atoms with Crippen molar-refractivity contribution in [2.24, 2.45) is 0 Å². The van der Waals surface area contributed by atoms with Gasteiger partial charge in [0.1, 0.15) is 5.76 Å². The van der Waals surface area contributed by atoms with E-state index in [0.29, 0.717) is 16.7 Å². The minimum atomic E-state index is -0.0732. The van der Waals surface area contributed by atoms with Crippen LogP contribution in [0.15, 0.2) is 65.0 Å². The molecule has 1 amide bonds. The topological polar surface area (TPSA) is 59.2 Å². The van der Waals surface area contributed by atoms with Crippen molar-refractivity contribution in [1.29, 1.82) is 0 Å². The Morgan fingerprint density at radius 1 is 1.44 bits per heavy atom. The van der Waals surface area contributed by atoms with Crippen molar-refractivity contribution in [1.82, 2.24) is 14.9 Å². The first kappa shape index (κ1) is 17.5. The quantitative estimate of drug-likeness (QED) is 0.444. The van der Waals surface area contributed by atoms with Crippen LogP contribution in [0.2, 0.25) is 0 Å². The van der Waals surface area contributed by atoms with E-state index in [0.717, 1.165) is 18.6 Å². The second-order valence-electron chi connectivity index (χ2n) is 5.88. The summed E-state index contributed by atoms with van der Waals surface area (Å²) in [5.41, 5.74) is 0. The average molecular weight is 355 g/mol. The number of aromatic nitrogens is 2. The molecule has 6 heteroatoms. The van der Waals surface area contributed by atoms with Gasteiger partial charge in [-0.2, -0.15) is 0 Å². The maximum atomic E-state index is 12.9. The Balaban J connectivity index is 1.69. The number of amides is 1. The van der Waals surface area contributed by atoms with Crippen molar-refractivity contribution in [3.8, 4) is 0 Å². The fourth-order valence-corrected chi connectivity index (χ4v) is 3.61. The Labute approximate surface area is 151 Å². The number of carbonyl (C=O) groups is 1. The van der Waals surface area contributed by atoms with Gasteiger partial charge >= 0.3 is 0 Å². The zero-order valence-corrected chi connectivity index (χ0v) is 15.0. The van der Waals surface area contributed by atoms with E-state index in [1.54, 1.807) is 24.5 Å². The zero-order chi connectivity index (χ0) is 17.6. The van der Waals surface area contributed by atoms with Gasteiger partial charge in [-0.25, -0.2) is 9.97 Å². The molecule has 1 aliphatic rings. The molecule has 2 aromatic rings. The maximum absolute atomic E-state index is 12.9. The molecule has 0 saturated heterocycles. The molecule has 25 heavy (non-hydrogen) atoms. The maximum Gasteiger partial charge on any atom is 0.290 e. The van der Waals surface area contributed by atoms with Crippen molar-refractivity contribution < 1.29 is 9.21 Å². The van der Waals surface area contributed by atoms with Gasteiger partial charge in [0.25, 0.3) is 5.91 Å². The van der Waals surface area contributed by atoms with E-state index >= 15 is 0 Å². The number of nitrogens with zero attached hydrogens (tertiary/aromatic N) is 3. The molecule has 0 radical (unpaired) electrons. The third kappa shape index (κ3) is 4.20. The van der Waals surface area contributed by atoms with Crippen LogP contribution in [0.3, 0.4) is 0 Å². The van der Waals surface area contributed by atoms with Gasteiger partial charge in [0.05, 0.1) is 5.75 Å². The molecule has 3 rings (SSSR count). The van der Waals surface area contributed by atoms with Crippen LogP contribution >= 0.6 is 11.8 Å². The van der Waals surface area contributed by atoms with E-state index in [1.165, 1.54) is 11.8 Å². The summed E-state index contributed by atoms with van der Waals surface area (Å²) in [4.78, 5) is 23.1. The largest absolute Gasteiger partial charge is 0.455 e. The second-order valence-corrected chi connectivity index (χ2v) is 6.82. The lowest BCUT2D eigenvalue weighted by molar-refractivity contribution is 0.0587. The standard InChI is InChI=1S/C19H21N3O2S/c1-3-6-15-8-4-7-14(2)22(15)18(23)17-10-9-16(24-17)13-25-19-20-11-5-12-21-19/h3-5,7,9-12,14-15H,1,6,8,13H2,2H3/t14-,15-/m1/s1. The molecule has 0 saturated carbocycles. The molecule has 2 atom stereocenters. The normalized spacial score (nSPS) is 19.8. The summed E-state index contributed by atoms with van der Waals surface area (Å²) >= 11 is 1.48. The minimum Gasteiger partial charge on any atom is -0.455 e. The van der Waals surface area contributed by atoms with E-state index in [-0.39, 0.29) is 18.0 Å². The number of furan rings is 1. The molecular formula is C19H21N3O2S. The highest BCUT2D eigenvalue weighted by Gasteiger charge is 2.30. The summed E-state index contributed by atoms with van der Waals surface area (Å²) in [5, 5.41) is 0.688. The molecule has 1 aliphatic heterocycles. The summed E-state index contributed by atoms with van der Waals surface area (Å²) in [6.45, 7) is 5.83. The fraction of sp³-hybridized carbons (Fsp3) is 0.316. The van der Waals surface area contributed by atoms with Crippen LogP contribution in [-0.2, 0) is 5.75 Å². The third-order valence-electron chi connectivity index (χ3n) is 4.09. The van der Waals surface area contributed by atoms with Crippen molar-refractivity contribution in [2.75, 3.05) is 0 Å². The van der Waals surface area contributed by atoms with Crippen LogP contribution in [-0.4, -0.2) is 32.9 Å². The van der Waals surface area contributed by atoms with Crippen molar-refractivity contribution >= 4 is 17.7 Å². The number of hydrogen-bond acceptors (Lipinski definition) is 5. The van der Waals surface area contributed by atoms with Gasteiger partial charge in [-0.1, -0.05) is 30.0 Å². The van der Waals surface area contributed by atoms with Crippen LogP contribution in [0.1, 0.15) is 36.1 Å². The molecule has 0 spiro atoms. The summed E-state index contributed by atoms with van der Waals surface area (Å²) in [5.74, 6) is 1.63. The lowest BCUT2D eigenvalue weighted by atomic mass is 10.00. The number of hydrogen-bond donors (Lipinski definition) is 0. The molecule has 0 bridgehead atoms. The Kier molecular flexibility index (Phi) is 5.71. The van der Waals surface area contributed by atoms with Crippen LogP contribution in [0.4, 0.5) is 0 Å². The summed E-state index contributed by atoms with van der Waals surface area (Å²) in [6.07, 6.45) is 11.1. The van der Waals surface area contributed by atoms with Gasteiger partial charge in [-0.05, 0) is 38.0 Å². The molecular weight excluding hydrogens is 334 g/mol. The molecule has 0 fully saturated rings. The highest BCUT2D eigenvalue weighted by atomic mass is 32.2. The van der Waals surface area contributed by atoms with E-state index in [2.05, 4.69) is 28.7 Å². The highest BCUT2D eigenvalue weighted by molar-refractivity contribution is 7.98. The van der Waals surface area contributed by atoms with Crippen molar-refractivity contribution in [2.45, 2.75) is 42.8 Å². The van der Waals surface area contributed by atoms with Crippen molar-refractivity contribution in [3.63, 3.8) is 0 Å². The Hall–Kier alpha value is -2.34. The lowest BCUT2D eigenvalue weighted by Crippen LogP contribution is -2.46. The Morgan fingerprint density at radius 3 is 3.00 bits per heavy atom. The van der Waals surface area contributed by atoms with Crippen LogP contribution in [0.5, 0.6) is 0 Å². The predicted octanol–water partition coefficient (Wildman–Crippen LogP) is 4.10. The summed E-state index contributed by atoms with van der Waals surface area (Å²) < 4.78 is 5.78. The zero-order valence-electron chi connectivity index (χ0n) is 14.2. The van der Waals surface area contributed by atoms with Gasteiger partial charge in [-0.3, -0.25) is 4.79 Å². The average Bonchev–Trinajstić information content (AvgIpc) is 3.10. The van der Waals surface area contributed by atoms with Crippen LogP contribution in [0, 0.1) is 0 Å². The van der Waals surface area contributed by atoms with E-state index in [4.69, 9.17) is 4.42 Å². The smallest absolute Gasteiger partial charge is 0.290 e. The molecule has 0 N–H and O–H groups in total. The second kappa shape index (κ2) is 8.16. The van der Waals surface area contributed by atoms with Crippen LogP contribution in [0.25, 0.3) is 0 Å². The monoisotopic (exact) mass is 355 g/mol. The molecule has 3 heterocycles. The lowest BCUT2D eigenvalue weighted by Gasteiger charge is -2.36. The SMILES string of the molecule is C=CC[C@@H]1CC=C[C@@H](C)N1C(=O)c1ccc(CSc2ncccn2)o1. The van der Waals surface area contributed by atoms with Gasteiger partial charge in [0.2, 0.25) is 0 Å². The van der Waals surface area contributed by atoms with Gasteiger partial charge in [-0.15, -0.1) is 6.58 Å². The molecule has 2 aromatic heterocycles. The van der Waals surface area contributed by atoms with E-state index in [1.807, 2.05) is 24.0 Å². The van der Waals surface area contributed by atoms with Crippen molar-refractivity contribution in [3.05, 3.63) is 66.9 Å². The minimum absolute atomic E-state index is 0.0480. The highest BCUT2D eigenvalue weighted by Crippen LogP contribution is 2.25. The predicted molar refractivity (Wildman–Crippen MR) is 98.3 cm³/mol. The first-order valence-electron chi connectivity index (χ1n) is 8.27. The van der Waals surface area contributed by atoms with Crippen LogP contribution < -0.4 is 0 Å². The third-order valence-corrected chi connectivity index (χ3v) is 4.98. The van der Waals surface area contributed by atoms with E-state index < -0.39 is 0 Å².